The Morgan fingerprint density at radius 3 is 2.42 bits per heavy atom. The monoisotopic (exact) mass is 184 g/mol. The Labute approximate surface area is 74.4 Å². The minimum absolute atomic E-state index is 0.689. The first-order valence-electron chi connectivity index (χ1n) is 3.90. The minimum atomic E-state index is -0.854. The highest BCUT2D eigenvalue weighted by molar-refractivity contribution is 7.55. The largest absolute Gasteiger partial charge is 0.334 e. The number of hydrogen-bond acceptors (Lipinski definition) is 2. The molecule has 0 aromatic heterocycles. The summed E-state index contributed by atoms with van der Waals surface area (Å²) in [5.74, 6) is 0. The van der Waals surface area contributed by atoms with Crippen LogP contribution in [-0.4, -0.2) is 13.7 Å². The molecule has 0 amide bonds. The predicted octanol–water partition coefficient (Wildman–Crippen LogP) is 2.31. The van der Waals surface area contributed by atoms with E-state index in [1.807, 2.05) is 37.3 Å². The average Bonchev–Trinajstić information content (AvgIpc) is 2.15. The van der Waals surface area contributed by atoms with E-state index < -0.39 is 8.38 Å². The van der Waals surface area contributed by atoms with E-state index in [1.165, 1.54) is 0 Å². The van der Waals surface area contributed by atoms with Gasteiger partial charge in [0.25, 0.3) is 0 Å². The van der Waals surface area contributed by atoms with Crippen molar-refractivity contribution in [2.45, 2.75) is 6.92 Å². The molecule has 0 aliphatic carbocycles. The van der Waals surface area contributed by atoms with Crippen molar-refractivity contribution in [2.75, 3.05) is 13.7 Å². The zero-order valence-electron chi connectivity index (χ0n) is 7.36. The molecule has 0 spiro atoms. The molecule has 0 aliphatic heterocycles. The highest BCUT2D eigenvalue weighted by atomic mass is 31.2. The molecule has 0 heterocycles. The number of benzene rings is 1. The van der Waals surface area contributed by atoms with Crippen molar-refractivity contribution in [1.82, 2.24) is 0 Å². The van der Waals surface area contributed by atoms with Gasteiger partial charge in [0.1, 0.15) is 0 Å². The topological polar surface area (TPSA) is 18.5 Å². The van der Waals surface area contributed by atoms with E-state index in [0.717, 1.165) is 5.30 Å². The van der Waals surface area contributed by atoms with Crippen LogP contribution >= 0.6 is 8.38 Å². The van der Waals surface area contributed by atoms with Gasteiger partial charge in [-0.05, 0) is 19.1 Å². The molecule has 0 saturated carbocycles. The third-order valence-electron chi connectivity index (χ3n) is 1.38. The second-order valence-corrected chi connectivity index (χ2v) is 3.85. The fourth-order valence-corrected chi connectivity index (χ4v) is 2.01. The minimum Gasteiger partial charge on any atom is -0.334 e. The molecular formula is C9H13O2P. The van der Waals surface area contributed by atoms with E-state index >= 15 is 0 Å². The summed E-state index contributed by atoms with van der Waals surface area (Å²) in [6, 6.07) is 10.00. The van der Waals surface area contributed by atoms with Crippen LogP contribution in [-0.2, 0) is 9.05 Å². The maximum Gasteiger partial charge on any atom is 0.204 e. The second-order valence-electron chi connectivity index (χ2n) is 2.19. The standard InChI is InChI=1S/C9H13O2P/c1-3-11-12(10-2)9-7-5-4-6-8-9/h4-8H,3H2,1-2H3. The second kappa shape index (κ2) is 5.26. The van der Waals surface area contributed by atoms with Gasteiger partial charge in [0.05, 0.1) is 6.61 Å². The Balaban J connectivity index is 2.66. The molecule has 2 nitrogen and oxygen atoms in total. The van der Waals surface area contributed by atoms with Gasteiger partial charge in [-0.2, -0.15) is 0 Å². The lowest BCUT2D eigenvalue weighted by molar-refractivity contribution is 0.307. The first-order valence-corrected chi connectivity index (χ1v) is 5.08. The van der Waals surface area contributed by atoms with E-state index in [-0.39, 0.29) is 0 Å². The van der Waals surface area contributed by atoms with Crippen LogP contribution in [0.2, 0.25) is 0 Å². The van der Waals surface area contributed by atoms with E-state index in [9.17, 15) is 0 Å². The summed E-state index contributed by atoms with van der Waals surface area (Å²) >= 11 is 0. The Morgan fingerprint density at radius 1 is 1.25 bits per heavy atom. The van der Waals surface area contributed by atoms with Crippen molar-refractivity contribution in [1.29, 1.82) is 0 Å². The van der Waals surface area contributed by atoms with Gasteiger partial charge in [0, 0.05) is 12.4 Å². The molecule has 0 fully saturated rings. The highest BCUT2D eigenvalue weighted by Gasteiger charge is 2.09. The quantitative estimate of drug-likeness (QED) is 0.668. The van der Waals surface area contributed by atoms with Crippen LogP contribution in [0.1, 0.15) is 6.92 Å². The van der Waals surface area contributed by atoms with Crippen LogP contribution < -0.4 is 5.30 Å². The van der Waals surface area contributed by atoms with Crippen LogP contribution in [0.15, 0.2) is 30.3 Å². The zero-order chi connectivity index (χ0) is 8.81. The number of rotatable bonds is 4. The van der Waals surface area contributed by atoms with Crippen molar-refractivity contribution in [3.63, 3.8) is 0 Å². The van der Waals surface area contributed by atoms with E-state index in [2.05, 4.69) is 0 Å². The fraction of sp³-hybridized carbons (Fsp3) is 0.333. The lowest BCUT2D eigenvalue weighted by atomic mass is 10.4. The Bertz CT molecular complexity index is 213. The predicted molar refractivity (Wildman–Crippen MR) is 51.6 cm³/mol. The molecule has 66 valence electrons. The van der Waals surface area contributed by atoms with Crippen molar-refractivity contribution in [3.8, 4) is 0 Å². The van der Waals surface area contributed by atoms with Gasteiger partial charge in [-0.15, -0.1) is 0 Å². The molecule has 1 unspecified atom stereocenters. The van der Waals surface area contributed by atoms with Gasteiger partial charge in [0.2, 0.25) is 8.38 Å². The fourth-order valence-electron chi connectivity index (χ4n) is 0.900. The number of hydrogen-bond donors (Lipinski definition) is 0. The summed E-state index contributed by atoms with van der Waals surface area (Å²) in [5, 5.41) is 1.12. The molecule has 1 atom stereocenters. The van der Waals surface area contributed by atoms with Crippen LogP contribution in [0.25, 0.3) is 0 Å². The van der Waals surface area contributed by atoms with Gasteiger partial charge >= 0.3 is 0 Å². The molecule has 0 radical (unpaired) electrons. The highest BCUT2D eigenvalue weighted by Crippen LogP contribution is 2.35. The Kier molecular flexibility index (Phi) is 4.23. The van der Waals surface area contributed by atoms with Crippen molar-refractivity contribution >= 4 is 13.7 Å². The Morgan fingerprint density at radius 2 is 1.92 bits per heavy atom. The lowest BCUT2D eigenvalue weighted by Crippen LogP contribution is -2.03. The molecule has 0 saturated heterocycles. The first kappa shape index (κ1) is 9.66. The smallest absolute Gasteiger partial charge is 0.204 e. The van der Waals surface area contributed by atoms with Gasteiger partial charge in [-0.3, -0.25) is 0 Å². The third-order valence-corrected chi connectivity index (χ3v) is 2.92. The molecule has 1 rings (SSSR count). The molecule has 0 bridgehead atoms. The normalized spacial score (nSPS) is 12.8. The molecule has 1 aromatic rings. The summed E-state index contributed by atoms with van der Waals surface area (Å²) in [4.78, 5) is 0. The molecule has 12 heavy (non-hydrogen) atoms. The van der Waals surface area contributed by atoms with Crippen LogP contribution in [0, 0.1) is 0 Å². The molecule has 0 N–H and O–H groups in total. The summed E-state index contributed by atoms with van der Waals surface area (Å²) in [6.45, 7) is 2.66. The average molecular weight is 184 g/mol. The summed E-state index contributed by atoms with van der Waals surface area (Å²) < 4.78 is 10.6. The van der Waals surface area contributed by atoms with Gasteiger partial charge in [0.15, 0.2) is 0 Å². The van der Waals surface area contributed by atoms with E-state index in [4.69, 9.17) is 9.05 Å². The van der Waals surface area contributed by atoms with Crippen LogP contribution in [0.3, 0.4) is 0 Å². The molecule has 0 aliphatic rings. The van der Waals surface area contributed by atoms with E-state index in [1.54, 1.807) is 7.11 Å². The van der Waals surface area contributed by atoms with E-state index in [0.29, 0.717) is 6.61 Å². The van der Waals surface area contributed by atoms with Gasteiger partial charge < -0.3 is 9.05 Å². The Hall–Kier alpha value is -0.430. The maximum absolute atomic E-state index is 5.42. The van der Waals surface area contributed by atoms with Crippen LogP contribution in [0.5, 0.6) is 0 Å². The van der Waals surface area contributed by atoms with Crippen LogP contribution in [0.4, 0.5) is 0 Å². The zero-order valence-corrected chi connectivity index (χ0v) is 8.25. The van der Waals surface area contributed by atoms with Crippen molar-refractivity contribution in [2.24, 2.45) is 0 Å². The first-order chi connectivity index (χ1) is 5.88. The SMILES string of the molecule is CCOP(OC)c1ccccc1. The van der Waals surface area contributed by atoms with Gasteiger partial charge in [-0.25, -0.2) is 0 Å². The van der Waals surface area contributed by atoms with Crippen molar-refractivity contribution in [3.05, 3.63) is 30.3 Å². The summed E-state index contributed by atoms with van der Waals surface area (Å²) in [7, 11) is 0.821. The molecular weight excluding hydrogens is 171 g/mol. The molecule has 1 aromatic carbocycles. The molecule has 3 heteroatoms. The third kappa shape index (κ3) is 2.56. The summed E-state index contributed by atoms with van der Waals surface area (Å²) in [6.07, 6.45) is 0. The summed E-state index contributed by atoms with van der Waals surface area (Å²) in [5.41, 5.74) is 0. The maximum atomic E-state index is 5.42. The van der Waals surface area contributed by atoms with Crippen molar-refractivity contribution < 1.29 is 9.05 Å². The van der Waals surface area contributed by atoms with Gasteiger partial charge in [-0.1, -0.05) is 18.2 Å². The lowest BCUT2D eigenvalue weighted by Gasteiger charge is -2.13.